The van der Waals surface area contributed by atoms with E-state index in [0.29, 0.717) is 6.42 Å². The Morgan fingerprint density at radius 2 is 1.12 bits per heavy atom. The molecule has 0 amide bonds. The van der Waals surface area contributed by atoms with Crippen LogP contribution in [0.15, 0.2) is 128 Å². The van der Waals surface area contributed by atoms with Gasteiger partial charge in [0.15, 0.2) is 0 Å². The minimum absolute atomic E-state index is 0. The smallest absolute Gasteiger partial charge is 0.0970 e. The van der Waals surface area contributed by atoms with Gasteiger partial charge >= 0.3 is 0 Å². The van der Waals surface area contributed by atoms with Gasteiger partial charge in [-0.25, -0.2) is 0 Å². The molecule has 2 N–H and O–H groups in total. The van der Waals surface area contributed by atoms with E-state index in [4.69, 9.17) is 10.2 Å². The monoisotopic (exact) mass is 812 g/mol. The van der Waals surface area contributed by atoms with Crippen LogP contribution in [-0.2, 0) is 20.1 Å². The van der Waals surface area contributed by atoms with Crippen molar-refractivity contribution in [3.8, 4) is 33.5 Å². The number of aliphatic hydroxyl groups excluding tert-OH is 2. The first kappa shape index (κ1) is 36.2. The number of aromatic nitrogens is 4. The zero-order chi connectivity index (χ0) is 33.2. The van der Waals surface area contributed by atoms with E-state index in [1.165, 1.54) is 22.3 Å². The van der Waals surface area contributed by atoms with Gasteiger partial charge in [0.25, 0.3) is 0 Å². The van der Waals surface area contributed by atoms with Gasteiger partial charge in [-0.2, -0.15) is 0 Å². The van der Waals surface area contributed by atoms with Crippen LogP contribution in [0, 0.1) is 19.9 Å². The van der Waals surface area contributed by atoms with E-state index in [2.05, 4.69) is 98.8 Å². The van der Waals surface area contributed by atoms with Crippen LogP contribution in [0.2, 0.25) is 0 Å². The minimum atomic E-state index is -0.375. The molecular formula is C41H39IrN4O2-. The Morgan fingerprint density at radius 3 is 1.54 bits per heavy atom. The second-order valence-electron chi connectivity index (χ2n) is 11.5. The molecule has 2 atom stereocenters. The van der Waals surface area contributed by atoms with Crippen molar-refractivity contribution in [2.75, 3.05) is 0 Å². The number of fused-ring (bicyclic) bond motifs is 3. The van der Waals surface area contributed by atoms with E-state index >= 15 is 0 Å². The standard InChI is InChI=1S/C24H16N2.C12H11N2.C5H12O2.Ir/c1-3-7-17(8-4-1)19-13-15-25-23-21(19)11-12-22-20(14-16-26-24(22)23)18-9-5-2-6-10-18;1-9-8-13-12(10(2)14-9)11-6-4-3-5-7-11;1-4(6)3-5(2)7;/h1-16H;3-6,8H,1-2H3;4-7H,3H2,1-2H3;/q;-1;;. The molecule has 1 radical (unpaired) electrons. The quantitative estimate of drug-likeness (QED) is 0.134. The van der Waals surface area contributed by atoms with E-state index in [9.17, 15) is 0 Å². The van der Waals surface area contributed by atoms with Crippen LogP contribution in [0.5, 0.6) is 0 Å². The Hall–Kier alpha value is -4.65. The first-order valence-electron chi connectivity index (χ1n) is 15.7. The Kier molecular flexibility index (Phi) is 13.2. The van der Waals surface area contributed by atoms with Crippen molar-refractivity contribution in [3.05, 3.63) is 145 Å². The minimum Gasteiger partial charge on any atom is -0.393 e. The molecule has 245 valence electrons. The summed E-state index contributed by atoms with van der Waals surface area (Å²) in [6.45, 7) is 7.23. The molecule has 48 heavy (non-hydrogen) atoms. The van der Waals surface area contributed by atoms with Gasteiger partial charge in [-0.1, -0.05) is 72.8 Å². The SMILES string of the molecule is CC(O)CC(C)O.Cc1cnc(-c2[c-]cccc2)c(C)n1.[Ir].c1ccc(-c2ccnc3c2ccc2c(-c4ccccc4)ccnc23)cc1. The maximum absolute atomic E-state index is 8.56. The van der Waals surface area contributed by atoms with E-state index in [-0.39, 0.29) is 32.3 Å². The van der Waals surface area contributed by atoms with Crippen LogP contribution in [0.4, 0.5) is 0 Å². The Balaban J connectivity index is 0.000000199. The topological polar surface area (TPSA) is 92.0 Å². The number of benzene rings is 4. The Labute approximate surface area is 296 Å². The fourth-order valence-corrected chi connectivity index (χ4v) is 5.46. The molecule has 0 fully saturated rings. The fraction of sp³-hybridized carbons (Fsp3) is 0.171. The van der Waals surface area contributed by atoms with E-state index in [1.807, 2.05) is 62.6 Å². The van der Waals surface area contributed by atoms with Gasteiger partial charge in [0.1, 0.15) is 0 Å². The normalized spacial score (nSPS) is 11.7. The Morgan fingerprint density at radius 1 is 0.625 bits per heavy atom. The molecule has 0 bridgehead atoms. The molecule has 0 spiro atoms. The molecule has 0 saturated carbocycles. The summed E-state index contributed by atoms with van der Waals surface area (Å²) in [7, 11) is 0. The first-order valence-corrected chi connectivity index (χ1v) is 15.7. The Bertz CT molecular complexity index is 1930. The van der Waals surface area contributed by atoms with E-state index in [1.54, 1.807) is 20.0 Å². The number of rotatable bonds is 5. The predicted molar refractivity (Wildman–Crippen MR) is 192 cm³/mol. The van der Waals surface area contributed by atoms with Crippen LogP contribution >= 0.6 is 0 Å². The van der Waals surface area contributed by atoms with Gasteiger partial charge < -0.3 is 15.2 Å². The number of pyridine rings is 2. The number of hydrogen-bond acceptors (Lipinski definition) is 6. The van der Waals surface area contributed by atoms with Gasteiger partial charge in [-0.05, 0) is 68.5 Å². The number of hydrogen-bond donors (Lipinski definition) is 2. The van der Waals surface area contributed by atoms with E-state index < -0.39 is 0 Å². The number of aryl methyl sites for hydroxylation is 2. The number of nitrogens with zero attached hydrogens (tertiary/aromatic N) is 4. The van der Waals surface area contributed by atoms with Crippen LogP contribution in [-0.4, -0.2) is 42.4 Å². The van der Waals surface area contributed by atoms with Crippen molar-refractivity contribution in [3.63, 3.8) is 0 Å². The number of aliphatic hydroxyl groups is 2. The van der Waals surface area contributed by atoms with Crippen molar-refractivity contribution in [1.29, 1.82) is 0 Å². The van der Waals surface area contributed by atoms with Crippen molar-refractivity contribution in [1.82, 2.24) is 19.9 Å². The molecule has 4 aromatic carbocycles. The van der Waals surface area contributed by atoms with Crippen LogP contribution in [0.25, 0.3) is 55.3 Å². The predicted octanol–water partition coefficient (Wildman–Crippen LogP) is 8.81. The van der Waals surface area contributed by atoms with Crippen LogP contribution in [0.3, 0.4) is 0 Å². The summed E-state index contributed by atoms with van der Waals surface area (Å²) in [6.07, 6.45) is 5.26. The summed E-state index contributed by atoms with van der Waals surface area (Å²) < 4.78 is 0. The summed E-state index contributed by atoms with van der Waals surface area (Å²) in [6, 6.07) is 40.3. The third-order valence-corrected chi connectivity index (χ3v) is 7.50. The largest absolute Gasteiger partial charge is 0.393 e. The molecule has 7 heteroatoms. The molecule has 3 aromatic heterocycles. The molecule has 0 saturated heterocycles. The fourth-order valence-electron chi connectivity index (χ4n) is 5.46. The third kappa shape index (κ3) is 9.24. The van der Waals surface area contributed by atoms with Gasteiger partial charge in [0, 0.05) is 60.9 Å². The molecule has 0 aliphatic rings. The van der Waals surface area contributed by atoms with Gasteiger partial charge in [-0.15, -0.1) is 35.9 Å². The molecule has 3 heterocycles. The average molecular weight is 812 g/mol. The van der Waals surface area contributed by atoms with Crippen LogP contribution < -0.4 is 0 Å². The van der Waals surface area contributed by atoms with Crippen molar-refractivity contribution >= 4 is 21.8 Å². The van der Waals surface area contributed by atoms with Crippen LogP contribution in [0.1, 0.15) is 31.7 Å². The van der Waals surface area contributed by atoms with Crippen molar-refractivity contribution in [2.24, 2.45) is 0 Å². The summed E-state index contributed by atoms with van der Waals surface area (Å²) in [4.78, 5) is 18.1. The maximum atomic E-state index is 8.56. The summed E-state index contributed by atoms with van der Waals surface area (Å²) in [5, 5.41) is 19.4. The second kappa shape index (κ2) is 17.5. The summed E-state index contributed by atoms with van der Waals surface area (Å²) >= 11 is 0. The van der Waals surface area contributed by atoms with Crippen molar-refractivity contribution in [2.45, 2.75) is 46.3 Å². The molecule has 0 aliphatic carbocycles. The maximum Gasteiger partial charge on any atom is 0.0970 e. The molecule has 7 aromatic rings. The zero-order valence-electron chi connectivity index (χ0n) is 27.5. The van der Waals surface area contributed by atoms with Crippen molar-refractivity contribution < 1.29 is 30.3 Å². The van der Waals surface area contributed by atoms with Gasteiger partial charge in [-0.3, -0.25) is 15.0 Å². The van der Waals surface area contributed by atoms with E-state index in [0.717, 1.165) is 44.5 Å². The molecule has 2 unspecified atom stereocenters. The third-order valence-electron chi connectivity index (χ3n) is 7.50. The average Bonchev–Trinajstić information content (AvgIpc) is 3.09. The summed E-state index contributed by atoms with van der Waals surface area (Å²) in [5.74, 6) is 0. The molecule has 6 nitrogen and oxygen atoms in total. The summed E-state index contributed by atoms with van der Waals surface area (Å²) in [5.41, 5.74) is 10.5. The van der Waals surface area contributed by atoms with Gasteiger partial charge in [0.2, 0.25) is 0 Å². The molecule has 0 aliphatic heterocycles. The molecular weight excluding hydrogens is 773 g/mol. The first-order chi connectivity index (χ1) is 22.8. The second-order valence-corrected chi connectivity index (χ2v) is 11.5. The zero-order valence-corrected chi connectivity index (χ0v) is 29.9. The molecule has 7 rings (SSSR count). The van der Waals surface area contributed by atoms with Gasteiger partial charge in [0.05, 0.1) is 28.9 Å².